The van der Waals surface area contributed by atoms with Crippen molar-refractivity contribution in [1.82, 2.24) is 0 Å². The third kappa shape index (κ3) is 3.44. The Hall–Kier alpha value is -2.04. The van der Waals surface area contributed by atoms with Gasteiger partial charge in [0.05, 0.1) is 12.2 Å². The van der Waals surface area contributed by atoms with Crippen LogP contribution in [0.1, 0.15) is 36.8 Å². The van der Waals surface area contributed by atoms with Crippen LogP contribution in [0.4, 0.5) is 0 Å². The highest BCUT2D eigenvalue weighted by molar-refractivity contribution is 5.28. The summed E-state index contributed by atoms with van der Waals surface area (Å²) >= 11 is 0. The van der Waals surface area contributed by atoms with Gasteiger partial charge >= 0.3 is 0 Å². The first-order chi connectivity index (χ1) is 13.0. The van der Waals surface area contributed by atoms with Crippen molar-refractivity contribution in [1.29, 1.82) is 0 Å². The Balaban J connectivity index is 1.57. The lowest BCUT2D eigenvalue weighted by Gasteiger charge is -2.45. The minimum absolute atomic E-state index is 0.218. The number of aliphatic hydroxyl groups is 2. The zero-order valence-electron chi connectivity index (χ0n) is 15.5. The SMILES string of the molecule is Oc1ccc(CC(O)C2(C(O)Cc3ccc(O)cc3)CC3CCC2C3)cc1. The van der Waals surface area contributed by atoms with E-state index in [1.165, 1.54) is 6.42 Å². The molecule has 144 valence electrons. The van der Waals surface area contributed by atoms with E-state index in [0.717, 1.165) is 30.4 Å². The van der Waals surface area contributed by atoms with Crippen LogP contribution in [-0.4, -0.2) is 32.6 Å². The molecule has 0 heterocycles. The smallest absolute Gasteiger partial charge is 0.115 e. The summed E-state index contributed by atoms with van der Waals surface area (Å²) in [6, 6.07) is 13.9. The van der Waals surface area contributed by atoms with Crippen LogP contribution in [0.2, 0.25) is 0 Å². The molecule has 27 heavy (non-hydrogen) atoms. The fraction of sp³-hybridized carbons (Fsp3) is 0.478. The molecular weight excluding hydrogens is 340 g/mol. The third-order valence-electron chi connectivity index (χ3n) is 6.92. The summed E-state index contributed by atoms with van der Waals surface area (Å²) in [5.74, 6) is 1.38. The van der Waals surface area contributed by atoms with Gasteiger partial charge in [0.25, 0.3) is 0 Å². The van der Waals surface area contributed by atoms with Gasteiger partial charge < -0.3 is 20.4 Å². The van der Waals surface area contributed by atoms with E-state index in [0.29, 0.717) is 24.7 Å². The lowest BCUT2D eigenvalue weighted by molar-refractivity contribution is -0.103. The fourth-order valence-corrected chi connectivity index (χ4v) is 5.54. The van der Waals surface area contributed by atoms with Crippen molar-refractivity contribution in [2.24, 2.45) is 17.3 Å². The topological polar surface area (TPSA) is 80.9 Å². The molecule has 0 aromatic heterocycles. The first-order valence-electron chi connectivity index (χ1n) is 9.89. The van der Waals surface area contributed by atoms with Gasteiger partial charge in [-0.3, -0.25) is 0 Å². The molecular formula is C23H28O4. The monoisotopic (exact) mass is 368 g/mol. The summed E-state index contributed by atoms with van der Waals surface area (Å²) in [7, 11) is 0. The zero-order chi connectivity index (χ0) is 19.0. The van der Waals surface area contributed by atoms with E-state index in [4.69, 9.17) is 0 Å². The van der Waals surface area contributed by atoms with E-state index in [1.54, 1.807) is 24.3 Å². The largest absolute Gasteiger partial charge is 0.508 e. The summed E-state index contributed by atoms with van der Waals surface area (Å²) in [6.07, 6.45) is 3.96. The highest BCUT2D eigenvalue weighted by atomic mass is 16.3. The van der Waals surface area contributed by atoms with Crippen molar-refractivity contribution in [2.75, 3.05) is 0 Å². The maximum Gasteiger partial charge on any atom is 0.115 e. The Morgan fingerprint density at radius 2 is 1.26 bits per heavy atom. The van der Waals surface area contributed by atoms with Crippen molar-refractivity contribution in [3.8, 4) is 11.5 Å². The fourth-order valence-electron chi connectivity index (χ4n) is 5.54. The molecule has 4 atom stereocenters. The zero-order valence-corrected chi connectivity index (χ0v) is 15.5. The third-order valence-corrected chi connectivity index (χ3v) is 6.92. The molecule has 0 amide bonds. The average Bonchev–Trinajstić information content (AvgIpc) is 3.27. The second-order valence-electron chi connectivity index (χ2n) is 8.47. The molecule has 4 unspecified atom stereocenters. The molecule has 2 aromatic carbocycles. The molecule has 4 N–H and O–H groups in total. The quantitative estimate of drug-likeness (QED) is 0.630. The van der Waals surface area contributed by atoms with E-state index in [9.17, 15) is 20.4 Å². The number of hydrogen-bond acceptors (Lipinski definition) is 4. The number of hydrogen-bond donors (Lipinski definition) is 4. The Labute approximate surface area is 160 Å². The molecule has 0 saturated heterocycles. The van der Waals surface area contributed by atoms with Gasteiger partial charge in [0.15, 0.2) is 0 Å². The average molecular weight is 368 g/mol. The van der Waals surface area contributed by atoms with E-state index in [1.807, 2.05) is 24.3 Å². The standard InChI is InChI=1S/C23H28O4/c24-19-7-2-15(3-8-19)12-21(26)23(14-17-1-6-18(23)11-17)22(27)13-16-4-9-20(25)10-5-16/h2-5,7-10,17-18,21-22,24-27H,1,6,11-14H2. The van der Waals surface area contributed by atoms with Crippen LogP contribution < -0.4 is 0 Å². The van der Waals surface area contributed by atoms with Gasteiger partial charge in [-0.15, -0.1) is 0 Å². The van der Waals surface area contributed by atoms with Crippen LogP contribution in [0.5, 0.6) is 11.5 Å². The number of aromatic hydroxyl groups is 2. The van der Waals surface area contributed by atoms with Crippen LogP contribution >= 0.6 is 0 Å². The van der Waals surface area contributed by atoms with Crippen molar-refractivity contribution in [3.05, 3.63) is 59.7 Å². The molecule has 4 nitrogen and oxygen atoms in total. The molecule has 2 saturated carbocycles. The minimum Gasteiger partial charge on any atom is -0.508 e. The van der Waals surface area contributed by atoms with Crippen LogP contribution in [0.15, 0.2) is 48.5 Å². The molecule has 2 aliphatic rings. The van der Waals surface area contributed by atoms with Crippen molar-refractivity contribution >= 4 is 0 Å². The van der Waals surface area contributed by atoms with E-state index >= 15 is 0 Å². The lowest BCUT2D eigenvalue weighted by atomic mass is 9.63. The van der Waals surface area contributed by atoms with Crippen molar-refractivity contribution < 1.29 is 20.4 Å². The van der Waals surface area contributed by atoms with Gasteiger partial charge in [-0.05, 0) is 79.3 Å². The molecule has 0 spiro atoms. The second kappa shape index (κ2) is 7.17. The van der Waals surface area contributed by atoms with E-state index in [2.05, 4.69) is 0 Å². The molecule has 4 rings (SSSR count). The van der Waals surface area contributed by atoms with Gasteiger partial charge in [-0.1, -0.05) is 30.7 Å². The van der Waals surface area contributed by atoms with Gasteiger partial charge in [0, 0.05) is 5.41 Å². The van der Waals surface area contributed by atoms with Crippen molar-refractivity contribution in [3.63, 3.8) is 0 Å². The number of rotatable bonds is 6. The van der Waals surface area contributed by atoms with Crippen LogP contribution in [0.3, 0.4) is 0 Å². The van der Waals surface area contributed by atoms with Gasteiger partial charge in [0.2, 0.25) is 0 Å². The number of fused-ring (bicyclic) bond motifs is 2. The number of aliphatic hydroxyl groups excluding tert-OH is 2. The predicted octanol–water partition coefficient (Wildman–Crippen LogP) is 3.41. The predicted molar refractivity (Wildman–Crippen MR) is 104 cm³/mol. The maximum absolute atomic E-state index is 11.3. The summed E-state index contributed by atoms with van der Waals surface area (Å²) < 4.78 is 0. The van der Waals surface area contributed by atoms with Crippen LogP contribution in [-0.2, 0) is 12.8 Å². The Morgan fingerprint density at radius 3 is 1.63 bits per heavy atom. The normalized spacial score (nSPS) is 29.0. The second-order valence-corrected chi connectivity index (χ2v) is 8.47. The number of benzene rings is 2. The van der Waals surface area contributed by atoms with Crippen molar-refractivity contribution in [2.45, 2.75) is 50.7 Å². The summed E-state index contributed by atoms with van der Waals surface area (Å²) in [5, 5.41) is 41.5. The Bertz CT molecular complexity index is 714. The Kier molecular flexibility index (Phi) is 4.87. The Morgan fingerprint density at radius 1 is 0.778 bits per heavy atom. The van der Waals surface area contributed by atoms with Gasteiger partial charge in [0.1, 0.15) is 11.5 Å². The summed E-state index contributed by atoms with van der Waals surface area (Å²) in [4.78, 5) is 0. The first kappa shape index (κ1) is 18.3. The minimum atomic E-state index is -0.621. The van der Waals surface area contributed by atoms with Crippen LogP contribution in [0, 0.1) is 17.3 Å². The number of phenols is 2. The maximum atomic E-state index is 11.3. The highest BCUT2D eigenvalue weighted by Crippen LogP contribution is 2.60. The molecule has 2 aromatic rings. The molecule has 2 bridgehead atoms. The van der Waals surface area contributed by atoms with Gasteiger partial charge in [-0.2, -0.15) is 0 Å². The van der Waals surface area contributed by atoms with Gasteiger partial charge in [-0.25, -0.2) is 0 Å². The molecule has 0 radical (unpaired) electrons. The van der Waals surface area contributed by atoms with E-state index in [-0.39, 0.29) is 11.5 Å². The van der Waals surface area contributed by atoms with E-state index < -0.39 is 17.6 Å². The number of phenolic OH excluding ortho intramolecular Hbond substituents is 2. The first-order valence-corrected chi connectivity index (χ1v) is 9.89. The highest BCUT2D eigenvalue weighted by Gasteiger charge is 2.58. The molecule has 4 heteroatoms. The summed E-state index contributed by atoms with van der Waals surface area (Å²) in [6.45, 7) is 0. The summed E-state index contributed by atoms with van der Waals surface area (Å²) in [5.41, 5.74) is 1.46. The lowest BCUT2D eigenvalue weighted by Crippen LogP contribution is -2.51. The van der Waals surface area contributed by atoms with Crippen LogP contribution in [0.25, 0.3) is 0 Å². The molecule has 2 fully saturated rings. The molecule has 0 aliphatic heterocycles. The molecule has 2 aliphatic carbocycles.